The maximum Gasteiger partial charge on any atom is 0.236 e. The predicted molar refractivity (Wildman–Crippen MR) is 181 cm³/mol. The number of oxazole rings is 1. The third-order valence-corrected chi connectivity index (χ3v) is 10.6. The first kappa shape index (κ1) is 32.6. The number of carbonyl (C=O) groups is 1. The molecule has 1 aromatic carbocycles. The minimum atomic E-state index is -0.732. The van der Waals surface area contributed by atoms with E-state index in [1.165, 1.54) is 0 Å². The van der Waals surface area contributed by atoms with Gasteiger partial charge in [-0.1, -0.05) is 38.1 Å². The number of anilines is 1. The number of allylic oxidation sites excluding steroid dienone is 2. The molecule has 10 heteroatoms. The van der Waals surface area contributed by atoms with E-state index in [1.807, 2.05) is 18.2 Å². The van der Waals surface area contributed by atoms with Crippen LogP contribution in [0.3, 0.4) is 0 Å². The van der Waals surface area contributed by atoms with Gasteiger partial charge >= 0.3 is 0 Å². The van der Waals surface area contributed by atoms with Gasteiger partial charge in [-0.3, -0.25) is 9.80 Å². The van der Waals surface area contributed by atoms with Crippen LogP contribution < -0.4 is 9.75 Å². The second-order valence-electron chi connectivity index (χ2n) is 12.2. The number of hydrazone groups is 1. The minimum Gasteiger partial charge on any atom is -0.496 e. The van der Waals surface area contributed by atoms with Gasteiger partial charge in [-0.2, -0.15) is 5.10 Å². The lowest BCUT2D eigenvalue weighted by Crippen LogP contribution is -2.47. The Hall–Kier alpha value is -3.31. The lowest BCUT2D eigenvalue weighted by Gasteiger charge is -2.41. The van der Waals surface area contributed by atoms with E-state index >= 15 is 0 Å². The lowest BCUT2D eigenvalue weighted by atomic mass is 9.67. The summed E-state index contributed by atoms with van der Waals surface area (Å²) in [5.74, 6) is 1.59. The molecular weight excluding hydrogens is 602 g/mol. The first-order valence-corrected chi connectivity index (χ1v) is 17.4. The number of para-hydroxylation sites is 1. The number of benzene rings is 1. The van der Waals surface area contributed by atoms with Crippen molar-refractivity contribution in [2.75, 3.05) is 45.1 Å². The van der Waals surface area contributed by atoms with Crippen LogP contribution >= 0.6 is 11.3 Å². The molecule has 0 aliphatic carbocycles. The summed E-state index contributed by atoms with van der Waals surface area (Å²) in [4.78, 5) is 19.7. The number of rotatable bonds is 12. The number of fused-ring (bicyclic) bond motifs is 1. The normalized spacial score (nSPS) is 20.0. The molecule has 5 heterocycles. The van der Waals surface area contributed by atoms with Crippen molar-refractivity contribution in [1.82, 2.24) is 4.98 Å². The Kier molecular flexibility index (Phi) is 10.4. The Morgan fingerprint density at radius 1 is 1.15 bits per heavy atom. The first-order valence-electron chi connectivity index (χ1n) is 16.6. The number of Topliss-reactive ketones (excluding diaryl/α,β-unsaturated/α-hetero) is 1. The fourth-order valence-corrected chi connectivity index (χ4v) is 8.16. The third-order valence-electron chi connectivity index (χ3n) is 9.30. The molecule has 1 atom stereocenters. The van der Waals surface area contributed by atoms with E-state index in [1.54, 1.807) is 30.9 Å². The number of hydrogen-bond acceptors (Lipinski definition) is 10. The van der Waals surface area contributed by atoms with Crippen molar-refractivity contribution in [3.05, 3.63) is 59.5 Å². The fraction of sp³-hybridized carbons (Fsp3) is 0.528. The number of ketones is 1. The van der Waals surface area contributed by atoms with Crippen LogP contribution in [0.4, 0.5) is 5.00 Å². The highest BCUT2D eigenvalue weighted by molar-refractivity contribution is 7.20. The van der Waals surface area contributed by atoms with E-state index in [9.17, 15) is 4.79 Å². The van der Waals surface area contributed by atoms with Crippen LogP contribution in [0.25, 0.3) is 16.3 Å². The van der Waals surface area contributed by atoms with E-state index in [0.717, 1.165) is 69.3 Å². The van der Waals surface area contributed by atoms with E-state index in [4.69, 9.17) is 28.5 Å². The van der Waals surface area contributed by atoms with Gasteiger partial charge in [0.1, 0.15) is 28.9 Å². The zero-order valence-corrected chi connectivity index (χ0v) is 28.2. The van der Waals surface area contributed by atoms with E-state index in [-0.39, 0.29) is 18.0 Å². The number of nitrogens with zero attached hydrogens (tertiary/aromatic N) is 3. The number of thiophene rings is 1. The summed E-state index contributed by atoms with van der Waals surface area (Å²) in [6.07, 6.45) is 10.2. The summed E-state index contributed by atoms with van der Waals surface area (Å²) in [6.45, 7) is 9.18. The van der Waals surface area contributed by atoms with Gasteiger partial charge in [-0.05, 0) is 57.1 Å². The summed E-state index contributed by atoms with van der Waals surface area (Å²) < 4.78 is 30.1. The zero-order valence-electron chi connectivity index (χ0n) is 27.4. The highest BCUT2D eigenvalue weighted by Gasteiger charge is 2.48. The maximum absolute atomic E-state index is 14.2. The smallest absolute Gasteiger partial charge is 0.236 e. The molecule has 0 spiro atoms. The van der Waals surface area contributed by atoms with Crippen molar-refractivity contribution in [3.63, 3.8) is 0 Å². The van der Waals surface area contributed by atoms with Crippen LogP contribution in [0.1, 0.15) is 81.6 Å². The van der Waals surface area contributed by atoms with E-state index in [0.29, 0.717) is 58.1 Å². The molecule has 2 aromatic heterocycles. The Morgan fingerprint density at radius 2 is 1.91 bits per heavy atom. The highest BCUT2D eigenvalue weighted by Crippen LogP contribution is 2.52. The zero-order chi connectivity index (χ0) is 32.1. The molecule has 0 saturated carbocycles. The van der Waals surface area contributed by atoms with Gasteiger partial charge in [-0.15, -0.1) is 11.3 Å². The Balaban J connectivity index is 1.52. The maximum atomic E-state index is 14.2. The molecular formula is C36H45N3O6S. The molecule has 46 heavy (non-hydrogen) atoms. The van der Waals surface area contributed by atoms with Crippen LogP contribution in [0.15, 0.2) is 52.3 Å². The topological polar surface area (TPSA) is 95.6 Å². The molecule has 3 aliphatic heterocycles. The van der Waals surface area contributed by atoms with Crippen LogP contribution in [0, 0.1) is 12.3 Å². The van der Waals surface area contributed by atoms with Crippen LogP contribution in [-0.2, 0) is 19.0 Å². The van der Waals surface area contributed by atoms with Crippen LogP contribution in [0.2, 0.25) is 0 Å². The molecule has 1 unspecified atom stereocenters. The van der Waals surface area contributed by atoms with Crippen molar-refractivity contribution in [2.45, 2.75) is 77.9 Å². The van der Waals surface area contributed by atoms with Gasteiger partial charge in [0, 0.05) is 49.5 Å². The molecule has 0 amide bonds. The predicted octanol–water partition coefficient (Wildman–Crippen LogP) is 7.79. The fourth-order valence-electron chi connectivity index (χ4n) is 6.94. The average Bonchev–Trinajstić information content (AvgIpc) is 3.75. The van der Waals surface area contributed by atoms with Gasteiger partial charge in [0.2, 0.25) is 5.89 Å². The molecule has 6 rings (SSSR count). The minimum absolute atomic E-state index is 0.0489. The van der Waals surface area contributed by atoms with Gasteiger partial charge in [0.25, 0.3) is 0 Å². The largest absolute Gasteiger partial charge is 0.496 e. The number of aromatic nitrogens is 1. The van der Waals surface area contributed by atoms with Crippen LogP contribution in [0.5, 0.6) is 5.75 Å². The molecule has 246 valence electrons. The Bertz CT molecular complexity index is 1550. The summed E-state index contributed by atoms with van der Waals surface area (Å²) in [7, 11) is 1.70. The highest BCUT2D eigenvalue weighted by atomic mass is 32.1. The third kappa shape index (κ3) is 6.32. The first-order chi connectivity index (χ1) is 22.5. The van der Waals surface area contributed by atoms with Gasteiger partial charge < -0.3 is 23.4 Å². The molecule has 3 aliphatic rings. The number of hydrogen-bond donors (Lipinski definition) is 0. The SMILES string of the molecule is CC/C=C1/C(C2(C(=O)CCC)CCOCC2)=NN(CC(OC2CCOCC2)c2ccccc2OC)c2sc(-c3ncco3)c(C)c21. The van der Waals surface area contributed by atoms with Gasteiger partial charge in [0.05, 0.1) is 42.0 Å². The molecule has 9 nitrogen and oxygen atoms in total. The van der Waals surface area contributed by atoms with Gasteiger partial charge in [0.15, 0.2) is 0 Å². The van der Waals surface area contributed by atoms with Crippen molar-refractivity contribution >= 4 is 33.4 Å². The van der Waals surface area contributed by atoms with Gasteiger partial charge in [-0.25, -0.2) is 4.98 Å². The van der Waals surface area contributed by atoms with Crippen LogP contribution in [-0.4, -0.2) is 62.7 Å². The van der Waals surface area contributed by atoms with E-state index in [2.05, 4.69) is 42.9 Å². The quantitative estimate of drug-likeness (QED) is 0.197. The molecule has 0 bridgehead atoms. The number of ether oxygens (including phenoxy) is 4. The number of methoxy groups -OCH3 is 1. The molecule has 3 aromatic rings. The Morgan fingerprint density at radius 3 is 2.61 bits per heavy atom. The summed E-state index contributed by atoms with van der Waals surface area (Å²) >= 11 is 1.62. The second-order valence-corrected chi connectivity index (χ2v) is 13.2. The molecule has 2 fully saturated rings. The summed E-state index contributed by atoms with van der Waals surface area (Å²) in [5.41, 5.74) is 4.27. The monoisotopic (exact) mass is 647 g/mol. The van der Waals surface area contributed by atoms with Crippen molar-refractivity contribution < 1.29 is 28.2 Å². The second kappa shape index (κ2) is 14.6. The summed E-state index contributed by atoms with van der Waals surface area (Å²) in [6, 6.07) is 8.05. The molecule has 2 saturated heterocycles. The standard InChI is InChI=1S/C36H45N3O6S/c1-5-9-27-31-24(3)32(34-37-17-22-44-34)46-35(31)39(38-33(27)36(30(40)10-6-2)15-20-43-21-16-36)23-29(45-25-13-18-42-19-14-25)26-11-7-8-12-28(26)41-4/h7-9,11-12,17,22,25,29H,5-6,10,13-16,18-21,23H2,1-4H3/b27-9+. The molecule has 0 N–H and O–H groups in total. The molecule has 0 radical (unpaired) electrons. The van der Waals surface area contributed by atoms with Crippen molar-refractivity contribution in [1.29, 1.82) is 0 Å². The average molecular weight is 648 g/mol. The number of carbonyl (C=O) groups excluding carboxylic acids is 1. The summed E-state index contributed by atoms with van der Waals surface area (Å²) in [5, 5.41) is 8.56. The Labute approximate surface area is 275 Å². The van der Waals surface area contributed by atoms with Crippen molar-refractivity contribution in [3.8, 4) is 16.5 Å². The van der Waals surface area contributed by atoms with E-state index < -0.39 is 5.41 Å². The lowest BCUT2D eigenvalue weighted by molar-refractivity contribution is -0.129. The van der Waals surface area contributed by atoms with Crippen molar-refractivity contribution in [2.24, 2.45) is 10.5 Å².